The van der Waals surface area contributed by atoms with E-state index in [2.05, 4.69) is 20.7 Å². The second kappa shape index (κ2) is 8.77. The van der Waals surface area contributed by atoms with Crippen molar-refractivity contribution in [2.45, 2.75) is 18.0 Å². The number of sulfonamides is 1. The first-order valence-electron chi connectivity index (χ1n) is 10.4. The standard InChI is InChI=1S/C23H19ClN6O4S/c1-34-17-6-2-13(3-7-17)12-30-28-22(27-29-30)21-18(9-16(24)10-20(21)35(25,32)33)14-4-5-15-11-26-23(31)19(15)8-14/h2-10H,11-12H2,1H3,(H,26,31)(H2,25,32,33). The van der Waals surface area contributed by atoms with Gasteiger partial charge < -0.3 is 10.1 Å². The number of nitrogens with one attached hydrogen (secondary N) is 1. The summed E-state index contributed by atoms with van der Waals surface area (Å²) in [6.07, 6.45) is 0. The largest absolute Gasteiger partial charge is 0.497 e. The fraction of sp³-hybridized carbons (Fsp3) is 0.130. The molecule has 2 heterocycles. The number of halogens is 1. The molecule has 1 aromatic heterocycles. The molecule has 0 unspecified atom stereocenters. The van der Waals surface area contributed by atoms with Gasteiger partial charge in [-0.05, 0) is 57.8 Å². The first-order valence-corrected chi connectivity index (χ1v) is 12.3. The zero-order chi connectivity index (χ0) is 24.7. The van der Waals surface area contributed by atoms with E-state index >= 15 is 0 Å². The van der Waals surface area contributed by atoms with Gasteiger partial charge in [-0.15, -0.1) is 10.2 Å². The molecule has 1 aliphatic rings. The molecule has 0 saturated heterocycles. The van der Waals surface area contributed by atoms with E-state index in [4.69, 9.17) is 21.5 Å². The van der Waals surface area contributed by atoms with E-state index in [0.29, 0.717) is 35.5 Å². The Balaban J connectivity index is 1.63. The van der Waals surface area contributed by atoms with Crippen molar-refractivity contribution in [1.82, 2.24) is 25.5 Å². The van der Waals surface area contributed by atoms with Gasteiger partial charge in [0.05, 0.1) is 24.1 Å². The van der Waals surface area contributed by atoms with E-state index in [0.717, 1.165) is 11.1 Å². The number of methoxy groups -OCH3 is 1. The summed E-state index contributed by atoms with van der Waals surface area (Å²) in [7, 11) is -2.63. The van der Waals surface area contributed by atoms with Gasteiger partial charge in [-0.1, -0.05) is 35.9 Å². The fourth-order valence-electron chi connectivity index (χ4n) is 3.95. The van der Waals surface area contributed by atoms with E-state index in [1.54, 1.807) is 31.4 Å². The average molecular weight is 511 g/mol. The quantitative estimate of drug-likeness (QED) is 0.406. The maximum absolute atomic E-state index is 12.5. The number of nitrogens with two attached hydrogens (primary N) is 1. The summed E-state index contributed by atoms with van der Waals surface area (Å²) >= 11 is 6.28. The van der Waals surface area contributed by atoms with Gasteiger partial charge in [0.25, 0.3) is 5.91 Å². The van der Waals surface area contributed by atoms with E-state index in [9.17, 15) is 13.2 Å². The van der Waals surface area contributed by atoms with Gasteiger partial charge in [0.2, 0.25) is 15.8 Å². The van der Waals surface area contributed by atoms with Crippen molar-refractivity contribution in [1.29, 1.82) is 0 Å². The number of carbonyl (C=O) groups is 1. The van der Waals surface area contributed by atoms with Crippen molar-refractivity contribution in [3.63, 3.8) is 0 Å². The van der Waals surface area contributed by atoms with Crippen LogP contribution < -0.4 is 15.2 Å². The van der Waals surface area contributed by atoms with E-state index < -0.39 is 10.0 Å². The molecule has 3 aromatic carbocycles. The van der Waals surface area contributed by atoms with Crippen LogP contribution in [-0.4, -0.2) is 41.6 Å². The number of tetrazole rings is 1. The molecule has 3 N–H and O–H groups in total. The number of nitrogens with zero attached hydrogens (tertiary/aromatic N) is 4. The van der Waals surface area contributed by atoms with Crippen LogP contribution in [0.1, 0.15) is 21.5 Å². The van der Waals surface area contributed by atoms with Crippen molar-refractivity contribution < 1.29 is 17.9 Å². The van der Waals surface area contributed by atoms with Crippen LogP contribution in [0.2, 0.25) is 5.02 Å². The summed E-state index contributed by atoms with van der Waals surface area (Å²) in [5, 5.41) is 21.1. The van der Waals surface area contributed by atoms with Gasteiger partial charge in [-0.2, -0.15) is 4.80 Å². The summed E-state index contributed by atoms with van der Waals surface area (Å²) in [6, 6.07) is 15.5. The maximum atomic E-state index is 12.5. The van der Waals surface area contributed by atoms with Gasteiger partial charge in [-0.25, -0.2) is 13.6 Å². The number of ether oxygens (including phenoxy) is 1. The minimum atomic E-state index is -4.21. The Morgan fingerprint density at radius 2 is 1.89 bits per heavy atom. The number of primary sulfonamides is 1. The van der Waals surface area contributed by atoms with Crippen molar-refractivity contribution >= 4 is 27.5 Å². The van der Waals surface area contributed by atoms with Crippen LogP contribution in [0, 0.1) is 0 Å². The normalized spacial score (nSPS) is 12.9. The van der Waals surface area contributed by atoms with Crippen LogP contribution in [-0.2, 0) is 23.1 Å². The van der Waals surface area contributed by atoms with Gasteiger partial charge >= 0.3 is 0 Å². The molecule has 4 aromatic rings. The Morgan fingerprint density at radius 3 is 2.60 bits per heavy atom. The molecule has 12 heteroatoms. The van der Waals surface area contributed by atoms with E-state index in [1.807, 2.05) is 24.3 Å². The van der Waals surface area contributed by atoms with Gasteiger partial charge in [0.15, 0.2) is 0 Å². The Bertz CT molecular complexity index is 1570. The van der Waals surface area contributed by atoms with Crippen LogP contribution in [0.4, 0.5) is 0 Å². The molecule has 0 spiro atoms. The van der Waals surface area contributed by atoms with Crippen LogP contribution in [0.3, 0.4) is 0 Å². The third-order valence-corrected chi connectivity index (χ3v) is 6.79. The average Bonchev–Trinajstić information content (AvgIpc) is 3.45. The Labute approximate surface area is 205 Å². The lowest BCUT2D eigenvalue weighted by Crippen LogP contribution is -2.14. The zero-order valence-corrected chi connectivity index (χ0v) is 20.0. The Morgan fingerprint density at radius 1 is 1.11 bits per heavy atom. The number of amides is 1. The topological polar surface area (TPSA) is 142 Å². The molecule has 10 nitrogen and oxygen atoms in total. The Hall–Kier alpha value is -3.80. The van der Waals surface area contributed by atoms with Gasteiger partial charge in [0.1, 0.15) is 5.75 Å². The number of hydrogen-bond acceptors (Lipinski definition) is 7. The van der Waals surface area contributed by atoms with Crippen molar-refractivity contribution in [2.24, 2.45) is 5.14 Å². The minimum Gasteiger partial charge on any atom is -0.497 e. The molecule has 5 rings (SSSR count). The maximum Gasteiger partial charge on any atom is 0.251 e. The van der Waals surface area contributed by atoms with Crippen LogP contribution in [0.25, 0.3) is 22.5 Å². The van der Waals surface area contributed by atoms with Crippen molar-refractivity contribution in [2.75, 3.05) is 7.11 Å². The molecule has 1 aliphatic heterocycles. The van der Waals surface area contributed by atoms with Crippen molar-refractivity contribution in [3.05, 3.63) is 76.3 Å². The van der Waals surface area contributed by atoms with Crippen LogP contribution in [0.15, 0.2) is 59.5 Å². The first kappa shape index (κ1) is 23.0. The molecule has 178 valence electrons. The summed E-state index contributed by atoms with van der Waals surface area (Å²) in [5.74, 6) is 0.562. The predicted molar refractivity (Wildman–Crippen MR) is 128 cm³/mol. The number of benzene rings is 3. The first-order chi connectivity index (χ1) is 16.7. The van der Waals surface area contributed by atoms with Crippen LogP contribution in [0.5, 0.6) is 5.75 Å². The lowest BCUT2D eigenvalue weighted by Gasteiger charge is -2.13. The SMILES string of the molecule is COc1ccc(Cn2nnc(-c3c(-c4ccc5c(c4)C(=O)NC5)cc(Cl)cc3S(N)(=O)=O)n2)cc1. The second-order valence-electron chi connectivity index (χ2n) is 7.92. The third kappa shape index (κ3) is 4.48. The number of rotatable bonds is 6. The number of hydrogen-bond donors (Lipinski definition) is 2. The highest BCUT2D eigenvalue weighted by atomic mass is 35.5. The van der Waals surface area contributed by atoms with E-state index in [1.165, 1.54) is 10.9 Å². The van der Waals surface area contributed by atoms with Gasteiger partial charge in [0, 0.05) is 17.1 Å². The highest BCUT2D eigenvalue weighted by molar-refractivity contribution is 7.89. The molecule has 0 radical (unpaired) electrons. The number of fused-ring (bicyclic) bond motifs is 1. The smallest absolute Gasteiger partial charge is 0.251 e. The summed E-state index contributed by atoms with van der Waals surface area (Å²) in [6.45, 7) is 0.726. The molecular weight excluding hydrogens is 492 g/mol. The van der Waals surface area contributed by atoms with Crippen molar-refractivity contribution in [3.8, 4) is 28.3 Å². The van der Waals surface area contributed by atoms with Crippen LogP contribution >= 0.6 is 11.6 Å². The highest BCUT2D eigenvalue weighted by Gasteiger charge is 2.26. The molecule has 0 saturated carbocycles. The summed E-state index contributed by atoms with van der Waals surface area (Å²) in [5.41, 5.74) is 3.36. The monoisotopic (exact) mass is 510 g/mol. The number of aromatic nitrogens is 4. The Kier molecular flexibility index (Phi) is 5.75. The predicted octanol–water partition coefficient (Wildman–Crippen LogP) is 2.61. The van der Waals surface area contributed by atoms with E-state index in [-0.39, 0.29) is 27.2 Å². The lowest BCUT2D eigenvalue weighted by molar-refractivity contribution is 0.0965. The molecule has 0 bridgehead atoms. The third-order valence-electron chi connectivity index (χ3n) is 5.64. The second-order valence-corrected chi connectivity index (χ2v) is 9.88. The molecule has 1 amide bonds. The number of carbonyl (C=O) groups excluding carboxylic acids is 1. The molecule has 0 fully saturated rings. The zero-order valence-electron chi connectivity index (χ0n) is 18.4. The summed E-state index contributed by atoms with van der Waals surface area (Å²) in [4.78, 5) is 13.3. The lowest BCUT2D eigenvalue weighted by atomic mass is 9.96. The fourth-order valence-corrected chi connectivity index (χ4v) is 5.01. The summed E-state index contributed by atoms with van der Waals surface area (Å²) < 4.78 is 30.2. The minimum absolute atomic E-state index is 0.0548. The van der Waals surface area contributed by atoms with Gasteiger partial charge in [-0.3, -0.25) is 4.79 Å². The molecule has 0 aliphatic carbocycles. The molecule has 35 heavy (non-hydrogen) atoms. The molecule has 0 atom stereocenters. The highest BCUT2D eigenvalue weighted by Crippen LogP contribution is 2.38. The molecular formula is C23H19ClN6O4S.